The molecule has 9 heteroatoms. The number of hydrogen-bond acceptors (Lipinski definition) is 4. The molecular weight excluding hydrogens is 539 g/mol. The van der Waals surface area contributed by atoms with Gasteiger partial charge >= 0.3 is 6.18 Å². The lowest BCUT2D eigenvalue weighted by Crippen LogP contribution is -2.44. The van der Waals surface area contributed by atoms with E-state index in [9.17, 15) is 18.0 Å². The van der Waals surface area contributed by atoms with Crippen LogP contribution in [0, 0.1) is 18.8 Å². The highest BCUT2D eigenvalue weighted by atomic mass is 19.4. The Balaban J connectivity index is 1.21. The number of pyridine rings is 1. The van der Waals surface area contributed by atoms with E-state index < -0.39 is 17.6 Å². The van der Waals surface area contributed by atoms with Crippen LogP contribution in [0.25, 0.3) is 10.9 Å². The first-order valence-electron chi connectivity index (χ1n) is 14.2. The van der Waals surface area contributed by atoms with E-state index in [1.165, 1.54) is 25.0 Å². The van der Waals surface area contributed by atoms with Gasteiger partial charge in [-0.1, -0.05) is 24.0 Å². The van der Waals surface area contributed by atoms with Gasteiger partial charge < -0.3 is 14.8 Å². The summed E-state index contributed by atoms with van der Waals surface area (Å²) in [6.45, 7) is 5.18. The average molecular weight is 572 g/mol. The van der Waals surface area contributed by atoms with Gasteiger partial charge in [-0.25, -0.2) is 0 Å². The van der Waals surface area contributed by atoms with Crippen LogP contribution in [0.1, 0.15) is 57.1 Å². The molecule has 1 N–H and O–H groups in total. The average Bonchev–Trinajstić information content (AvgIpc) is 3.72. The number of likely N-dealkylation sites (N-methyl/N-ethyl adjacent to an activating group) is 1. The molecule has 4 aromatic rings. The van der Waals surface area contributed by atoms with E-state index >= 15 is 0 Å². The van der Waals surface area contributed by atoms with Gasteiger partial charge in [-0.3, -0.25) is 14.7 Å². The first-order chi connectivity index (χ1) is 20.2. The van der Waals surface area contributed by atoms with Crippen LogP contribution in [0.15, 0.2) is 61.1 Å². The number of carbonyl (C=O) groups is 1. The fourth-order valence-corrected chi connectivity index (χ4v) is 5.38. The second-order valence-corrected chi connectivity index (χ2v) is 11.3. The number of benzene rings is 2. The molecule has 2 fully saturated rings. The number of rotatable bonds is 5. The lowest BCUT2D eigenvalue weighted by atomic mass is 10.0. The normalized spacial score (nSPS) is 16.3. The van der Waals surface area contributed by atoms with Gasteiger partial charge in [0.2, 0.25) is 0 Å². The number of amides is 1. The molecule has 3 heterocycles. The monoisotopic (exact) mass is 571 g/mol. The summed E-state index contributed by atoms with van der Waals surface area (Å²) >= 11 is 0. The maximum absolute atomic E-state index is 14.0. The number of piperazine rings is 1. The van der Waals surface area contributed by atoms with Gasteiger partial charge in [0.15, 0.2) is 0 Å². The second-order valence-electron chi connectivity index (χ2n) is 11.3. The molecule has 0 spiro atoms. The third-order valence-corrected chi connectivity index (χ3v) is 8.08. The first-order valence-corrected chi connectivity index (χ1v) is 14.2. The van der Waals surface area contributed by atoms with Crippen LogP contribution in [0.3, 0.4) is 0 Å². The van der Waals surface area contributed by atoms with E-state index in [0.717, 1.165) is 41.2 Å². The molecule has 0 bridgehead atoms. The van der Waals surface area contributed by atoms with E-state index in [4.69, 9.17) is 0 Å². The summed E-state index contributed by atoms with van der Waals surface area (Å²) in [5.41, 5.74) is 3.31. The number of halogens is 3. The van der Waals surface area contributed by atoms with E-state index in [1.807, 2.05) is 25.1 Å². The molecule has 0 unspecified atom stereocenters. The molecular formula is C33H32F3N5O. The van der Waals surface area contributed by atoms with Gasteiger partial charge in [-0.05, 0) is 68.3 Å². The number of fused-ring (bicyclic) bond motifs is 1. The lowest BCUT2D eigenvalue weighted by molar-refractivity contribution is -0.138. The summed E-state index contributed by atoms with van der Waals surface area (Å²) in [6, 6.07) is 11.7. The Labute approximate surface area is 243 Å². The van der Waals surface area contributed by atoms with Crippen molar-refractivity contribution in [3.63, 3.8) is 0 Å². The number of anilines is 1. The number of nitrogens with zero attached hydrogens (tertiary/aromatic N) is 4. The number of alkyl halides is 3. The van der Waals surface area contributed by atoms with Crippen molar-refractivity contribution in [1.82, 2.24) is 19.4 Å². The van der Waals surface area contributed by atoms with Gasteiger partial charge in [0.05, 0.1) is 22.8 Å². The molecule has 0 radical (unpaired) electrons. The zero-order valence-electron chi connectivity index (χ0n) is 23.6. The Morgan fingerprint density at radius 1 is 1.00 bits per heavy atom. The first kappa shape index (κ1) is 28.0. The maximum atomic E-state index is 14.0. The summed E-state index contributed by atoms with van der Waals surface area (Å²) in [5.74, 6) is 5.89. The van der Waals surface area contributed by atoms with Crippen molar-refractivity contribution in [2.75, 3.05) is 38.5 Å². The molecule has 0 atom stereocenters. The Kier molecular flexibility index (Phi) is 7.52. The largest absolute Gasteiger partial charge is 0.416 e. The Bertz CT molecular complexity index is 1700. The summed E-state index contributed by atoms with van der Waals surface area (Å²) in [4.78, 5) is 21.7. The SMILES string of the molecule is Cc1ccc(C(=O)Nc2ccc(CN3CCN(C)CC3)c(C(F)(F)F)c2)cc1C#Cc1cncc2c1ccn2C1CC1. The van der Waals surface area contributed by atoms with Crippen LogP contribution >= 0.6 is 0 Å². The highest BCUT2D eigenvalue weighted by molar-refractivity contribution is 6.04. The summed E-state index contributed by atoms with van der Waals surface area (Å²) < 4.78 is 44.3. The predicted molar refractivity (Wildman–Crippen MR) is 157 cm³/mol. The van der Waals surface area contributed by atoms with Crippen molar-refractivity contribution in [3.05, 3.63) is 94.4 Å². The molecule has 2 aromatic heterocycles. The third kappa shape index (κ3) is 6.06. The van der Waals surface area contributed by atoms with Crippen molar-refractivity contribution in [1.29, 1.82) is 0 Å². The third-order valence-electron chi connectivity index (χ3n) is 8.08. The molecule has 1 saturated heterocycles. The van der Waals surface area contributed by atoms with Crippen LogP contribution in [-0.2, 0) is 12.7 Å². The number of aryl methyl sites for hydroxylation is 1. The maximum Gasteiger partial charge on any atom is 0.416 e. The molecule has 6 rings (SSSR count). The van der Waals surface area contributed by atoms with Crippen LogP contribution in [0.2, 0.25) is 0 Å². The van der Waals surface area contributed by atoms with E-state index in [-0.39, 0.29) is 17.8 Å². The minimum atomic E-state index is -4.54. The van der Waals surface area contributed by atoms with Crippen LogP contribution < -0.4 is 5.32 Å². The highest BCUT2D eigenvalue weighted by Gasteiger charge is 2.34. The van der Waals surface area contributed by atoms with Gasteiger partial charge in [-0.2, -0.15) is 13.2 Å². The topological polar surface area (TPSA) is 53.4 Å². The molecule has 2 aliphatic rings. The summed E-state index contributed by atoms with van der Waals surface area (Å²) in [7, 11) is 2.01. The lowest BCUT2D eigenvalue weighted by Gasteiger charge is -2.33. The number of aromatic nitrogens is 2. The number of hydrogen-bond donors (Lipinski definition) is 1. The zero-order valence-corrected chi connectivity index (χ0v) is 23.6. The Morgan fingerprint density at radius 3 is 2.50 bits per heavy atom. The van der Waals surface area contributed by atoms with Gasteiger partial charge in [0.1, 0.15) is 0 Å². The standard InChI is InChI=1S/C33H32F3N5O/c1-22-3-4-24(17-23(22)5-6-25-19-37-20-31-29(25)11-12-41(31)28-9-10-28)32(42)38-27-8-7-26(30(18-27)33(34,35)36)21-40-15-13-39(2)14-16-40/h3-4,7-8,11-12,17-20,28H,9-10,13-16,21H2,1-2H3,(H,38,42). The minimum absolute atomic E-state index is 0.0978. The second kappa shape index (κ2) is 11.3. The molecule has 2 aromatic carbocycles. The van der Waals surface area contributed by atoms with E-state index in [0.29, 0.717) is 30.3 Å². The van der Waals surface area contributed by atoms with Crippen molar-refractivity contribution >= 4 is 22.5 Å². The quantitative estimate of drug-likeness (QED) is 0.294. The van der Waals surface area contributed by atoms with Crippen molar-refractivity contribution in [3.8, 4) is 11.8 Å². The molecule has 1 saturated carbocycles. The minimum Gasteiger partial charge on any atom is -0.343 e. The fraction of sp³-hybridized carbons (Fsp3) is 0.333. The smallest absolute Gasteiger partial charge is 0.343 e. The number of nitrogens with one attached hydrogen (secondary N) is 1. The van der Waals surface area contributed by atoms with E-state index in [2.05, 4.69) is 43.9 Å². The summed E-state index contributed by atoms with van der Waals surface area (Å²) in [6.07, 6.45) is 3.49. The molecule has 1 amide bonds. The van der Waals surface area contributed by atoms with Crippen LogP contribution in [0.5, 0.6) is 0 Å². The van der Waals surface area contributed by atoms with Crippen molar-refractivity contribution in [2.24, 2.45) is 0 Å². The fourth-order valence-electron chi connectivity index (χ4n) is 5.38. The Hall–Kier alpha value is -4.13. The van der Waals surface area contributed by atoms with Crippen LogP contribution in [0.4, 0.5) is 18.9 Å². The molecule has 6 nitrogen and oxygen atoms in total. The van der Waals surface area contributed by atoms with Crippen molar-refractivity contribution in [2.45, 2.75) is 38.5 Å². The highest BCUT2D eigenvalue weighted by Crippen LogP contribution is 2.38. The van der Waals surface area contributed by atoms with Gasteiger partial charge in [0, 0.05) is 73.4 Å². The van der Waals surface area contributed by atoms with Gasteiger partial charge in [-0.15, -0.1) is 0 Å². The van der Waals surface area contributed by atoms with Crippen LogP contribution in [-0.4, -0.2) is 58.5 Å². The summed E-state index contributed by atoms with van der Waals surface area (Å²) in [5, 5.41) is 3.69. The van der Waals surface area contributed by atoms with Crippen molar-refractivity contribution < 1.29 is 18.0 Å². The molecule has 1 aliphatic heterocycles. The molecule has 1 aliphatic carbocycles. The van der Waals surface area contributed by atoms with E-state index in [1.54, 1.807) is 24.4 Å². The molecule has 216 valence electrons. The molecule has 42 heavy (non-hydrogen) atoms. The Morgan fingerprint density at radius 2 is 1.76 bits per heavy atom. The van der Waals surface area contributed by atoms with Gasteiger partial charge in [0.25, 0.3) is 5.91 Å². The zero-order chi connectivity index (χ0) is 29.4. The number of carbonyl (C=O) groups excluding carboxylic acids is 1. The predicted octanol–water partition coefficient (Wildman–Crippen LogP) is 6.10.